The first kappa shape index (κ1) is 12.3. The molecular formula is C10H13NO5. The van der Waals surface area contributed by atoms with Crippen LogP contribution in [-0.2, 0) is 0 Å². The molecule has 88 valence electrons. The van der Waals surface area contributed by atoms with Crippen molar-refractivity contribution in [3.8, 4) is 11.5 Å². The van der Waals surface area contributed by atoms with Gasteiger partial charge in [0.1, 0.15) is 11.5 Å². The van der Waals surface area contributed by atoms with Crippen LogP contribution in [0.5, 0.6) is 11.5 Å². The average Bonchev–Trinajstić information content (AvgIpc) is 2.25. The van der Waals surface area contributed by atoms with Gasteiger partial charge in [0, 0.05) is 12.6 Å². The van der Waals surface area contributed by atoms with Crippen molar-refractivity contribution >= 4 is 5.91 Å². The number of hydrogen-bond donors (Lipinski definition) is 5. The zero-order valence-corrected chi connectivity index (χ0v) is 8.42. The maximum atomic E-state index is 11.5. The monoisotopic (exact) mass is 227 g/mol. The highest BCUT2D eigenvalue weighted by molar-refractivity contribution is 5.96. The van der Waals surface area contributed by atoms with Crippen molar-refractivity contribution in [3.63, 3.8) is 0 Å². The van der Waals surface area contributed by atoms with Gasteiger partial charge in [-0.3, -0.25) is 4.79 Å². The van der Waals surface area contributed by atoms with Crippen molar-refractivity contribution in [2.45, 2.75) is 6.10 Å². The first-order valence-corrected chi connectivity index (χ1v) is 4.63. The van der Waals surface area contributed by atoms with Gasteiger partial charge in [0.15, 0.2) is 0 Å². The second-order valence-electron chi connectivity index (χ2n) is 3.25. The summed E-state index contributed by atoms with van der Waals surface area (Å²) in [4.78, 5) is 11.5. The number of aromatic hydroxyl groups is 2. The quantitative estimate of drug-likeness (QED) is 0.461. The molecule has 0 spiro atoms. The minimum Gasteiger partial charge on any atom is -0.508 e. The largest absolute Gasteiger partial charge is 0.508 e. The first-order chi connectivity index (χ1) is 7.54. The summed E-state index contributed by atoms with van der Waals surface area (Å²) in [5.41, 5.74) is -0.0112. The lowest BCUT2D eigenvalue weighted by atomic mass is 10.1. The molecular weight excluding hydrogens is 214 g/mol. The van der Waals surface area contributed by atoms with Crippen LogP contribution >= 0.6 is 0 Å². The second-order valence-corrected chi connectivity index (χ2v) is 3.25. The Balaban J connectivity index is 2.66. The third-order valence-electron chi connectivity index (χ3n) is 1.93. The Labute approximate surface area is 91.8 Å². The van der Waals surface area contributed by atoms with Crippen LogP contribution in [0.25, 0.3) is 0 Å². The first-order valence-electron chi connectivity index (χ1n) is 4.63. The smallest absolute Gasteiger partial charge is 0.255 e. The number of aliphatic hydroxyl groups excluding tert-OH is 2. The Bertz CT molecular complexity index is 379. The maximum absolute atomic E-state index is 11.5. The summed E-state index contributed by atoms with van der Waals surface area (Å²) >= 11 is 0. The predicted molar refractivity (Wildman–Crippen MR) is 55.2 cm³/mol. The zero-order valence-electron chi connectivity index (χ0n) is 8.42. The Hall–Kier alpha value is -1.79. The number of phenolic OH excluding ortho intramolecular Hbond substituents is 2. The minimum absolute atomic E-state index is 0.0112. The van der Waals surface area contributed by atoms with E-state index in [-0.39, 0.29) is 23.6 Å². The molecule has 6 heteroatoms. The molecule has 6 nitrogen and oxygen atoms in total. The van der Waals surface area contributed by atoms with E-state index in [0.29, 0.717) is 0 Å². The summed E-state index contributed by atoms with van der Waals surface area (Å²) in [6.07, 6.45) is -1.04. The Morgan fingerprint density at radius 1 is 1.38 bits per heavy atom. The molecule has 0 aliphatic carbocycles. The van der Waals surface area contributed by atoms with E-state index in [0.717, 1.165) is 6.07 Å². The summed E-state index contributed by atoms with van der Waals surface area (Å²) in [5.74, 6) is -1.09. The fraction of sp³-hybridized carbons (Fsp3) is 0.300. The molecule has 5 N–H and O–H groups in total. The van der Waals surface area contributed by atoms with Crippen molar-refractivity contribution in [2.75, 3.05) is 13.2 Å². The molecule has 0 aliphatic rings. The minimum atomic E-state index is -1.04. The van der Waals surface area contributed by atoms with Gasteiger partial charge >= 0.3 is 0 Å². The third kappa shape index (κ3) is 3.11. The summed E-state index contributed by atoms with van der Waals surface area (Å²) in [5, 5.41) is 38.2. The van der Waals surface area contributed by atoms with E-state index in [4.69, 9.17) is 15.3 Å². The molecule has 0 saturated carbocycles. The van der Waals surface area contributed by atoms with Crippen LogP contribution in [-0.4, -0.2) is 45.6 Å². The molecule has 0 aromatic heterocycles. The summed E-state index contributed by atoms with van der Waals surface area (Å²) in [6.45, 7) is -0.572. The van der Waals surface area contributed by atoms with E-state index in [1.807, 2.05) is 0 Å². The van der Waals surface area contributed by atoms with Crippen molar-refractivity contribution in [1.29, 1.82) is 0 Å². The lowest BCUT2D eigenvalue weighted by Gasteiger charge is -2.09. The Kier molecular flexibility index (Phi) is 4.10. The van der Waals surface area contributed by atoms with Crippen molar-refractivity contribution < 1.29 is 25.2 Å². The van der Waals surface area contributed by atoms with E-state index in [1.54, 1.807) is 0 Å². The number of rotatable bonds is 4. The number of aliphatic hydroxyl groups is 2. The van der Waals surface area contributed by atoms with E-state index in [9.17, 15) is 9.90 Å². The van der Waals surface area contributed by atoms with Crippen LogP contribution in [0.2, 0.25) is 0 Å². The third-order valence-corrected chi connectivity index (χ3v) is 1.93. The van der Waals surface area contributed by atoms with Gasteiger partial charge in [-0.05, 0) is 12.1 Å². The van der Waals surface area contributed by atoms with Gasteiger partial charge in [0.05, 0.1) is 18.3 Å². The van der Waals surface area contributed by atoms with E-state index in [2.05, 4.69) is 5.32 Å². The number of phenols is 2. The normalized spacial score (nSPS) is 12.1. The molecule has 0 saturated heterocycles. The fourth-order valence-corrected chi connectivity index (χ4v) is 1.08. The molecule has 0 radical (unpaired) electrons. The predicted octanol–water partition coefficient (Wildman–Crippen LogP) is -0.819. The molecule has 1 amide bonds. The lowest BCUT2D eigenvalue weighted by molar-refractivity contribution is 0.0800. The Morgan fingerprint density at radius 2 is 2.06 bits per heavy atom. The lowest BCUT2D eigenvalue weighted by Crippen LogP contribution is -2.33. The van der Waals surface area contributed by atoms with Crippen LogP contribution in [0.3, 0.4) is 0 Å². The van der Waals surface area contributed by atoms with Crippen molar-refractivity contribution in [1.82, 2.24) is 5.32 Å². The number of carbonyl (C=O) groups is 1. The fourth-order valence-electron chi connectivity index (χ4n) is 1.08. The molecule has 1 rings (SSSR count). The number of hydrogen-bond acceptors (Lipinski definition) is 5. The highest BCUT2D eigenvalue weighted by atomic mass is 16.3. The van der Waals surface area contributed by atoms with Crippen LogP contribution < -0.4 is 5.32 Å². The van der Waals surface area contributed by atoms with E-state index in [1.165, 1.54) is 12.1 Å². The molecule has 0 fully saturated rings. The van der Waals surface area contributed by atoms with Crippen LogP contribution in [0.15, 0.2) is 18.2 Å². The number of amides is 1. The molecule has 1 aromatic carbocycles. The molecule has 1 atom stereocenters. The highest BCUT2D eigenvalue weighted by Gasteiger charge is 2.12. The average molecular weight is 227 g/mol. The van der Waals surface area contributed by atoms with Crippen LogP contribution in [0.4, 0.5) is 0 Å². The van der Waals surface area contributed by atoms with Gasteiger partial charge < -0.3 is 25.7 Å². The maximum Gasteiger partial charge on any atom is 0.255 e. The highest BCUT2D eigenvalue weighted by Crippen LogP contribution is 2.22. The van der Waals surface area contributed by atoms with Gasteiger partial charge in [-0.1, -0.05) is 0 Å². The second kappa shape index (κ2) is 5.34. The zero-order chi connectivity index (χ0) is 12.1. The van der Waals surface area contributed by atoms with Gasteiger partial charge in [0.2, 0.25) is 0 Å². The van der Waals surface area contributed by atoms with E-state index >= 15 is 0 Å². The van der Waals surface area contributed by atoms with Gasteiger partial charge in [-0.2, -0.15) is 0 Å². The van der Waals surface area contributed by atoms with Gasteiger partial charge in [-0.15, -0.1) is 0 Å². The topological polar surface area (TPSA) is 110 Å². The number of carbonyl (C=O) groups excluding carboxylic acids is 1. The molecule has 0 heterocycles. The summed E-state index contributed by atoms with van der Waals surface area (Å²) in [6, 6.07) is 3.56. The summed E-state index contributed by atoms with van der Waals surface area (Å²) in [7, 11) is 0. The molecule has 16 heavy (non-hydrogen) atoms. The van der Waals surface area contributed by atoms with Crippen molar-refractivity contribution in [2.24, 2.45) is 0 Å². The molecule has 1 unspecified atom stereocenters. The number of nitrogens with one attached hydrogen (secondary N) is 1. The Morgan fingerprint density at radius 3 is 2.62 bits per heavy atom. The number of benzene rings is 1. The molecule has 0 aliphatic heterocycles. The molecule has 1 aromatic rings. The SMILES string of the molecule is O=C(NCC(O)CO)c1ccc(O)cc1O. The van der Waals surface area contributed by atoms with Crippen LogP contribution in [0, 0.1) is 0 Å². The van der Waals surface area contributed by atoms with Gasteiger partial charge in [-0.25, -0.2) is 0 Å². The van der Waals surface area contributed by atoms with E-state index < -0.39 is 18.6 Å². The van der Waals surface area contributed by atoms with Gasteiger partial charge in [0.25, 0.3) is 5.91 Å². The standard InChI is InChI=1S/C10H13NO5/c12-5-7(14)4-11-10(16)8-2-1-6(13)3-9(8)15/h1-3,7,12-15H,4-5H2,(H,11,16). The summed E-state index contributed by atoms with van der Waals surface area (Å²) < 4.78 is 0. The molecule has 0 bridgehead atoms. The van der Waals surface area contributed by atoms with Crippen molar-refractivity contribution in [3.05, 3.63) is 23.8 Å². The van der Waals surface area contributed by atoms with Crippen LogP contribution in [0.1, 0.15) is 10.4 Å².